The first-order chi connectivity index (χ1) is 9.68. The maximum atomic E-state index is 12.7. The first-order valence-corrected chi connectivity index (χ1v) is 7.76. The van der Waals surface area contributed by atoms with Crippen LogP contribution in [0.25, 0.3) is 0 Å². The first kappa shape index (κ1) is 16.3. The molecule has 3 nitrogen and oxygen atoms in total. The molecule has 2 unspecified atom stereocenters. The van der Waals surface area contributed by atoms with Crippen molar-refractivity contribution < 1.29 is 4.79 Å². The van der Waals surface area contributed by atoms with E-state index in [4.69, 9.17) is 0 Å². The van der Waals surface area contributed by atoms with Gasteiger partial charge in [-0.2, -0.15) is 0 Å². The lowest BCUT2D eigenvalue weighted by molar-refractivity contribution is -0.135. The molecular weight excluding hydrogens is 284 g/mol. The summed E-state index contributed by atoms with van der Waals surface area (Å²) in [7, 11) is 0. The lowest BCUT2D eigenvalue weighted by atomic mass is 9.95. The van der Waals surface area contributed by atoms with E-state index in [1.165, 1.54) is 16.7 Å². The molecule has 2 atom stereocenters. The van der Waals surface area contributed by atoms with Gasteiger partial charge in [-0.25, -0.2) is 0 Å². The van der Waals surface area contributed by atoms with Gasteiger partial charge in [0.25, 0.3) is 0 Å². The summed E-state index contributed by atoms with van der Waals surface area (Å²) in [6.45, 7) is 7.10. The number of aryl methyl sites for hydroxylation is 1. The number of rotatable bonds is 2. The molecule has 2 saturated heterocycles. The van der Waals surface area contributed by atoms with Crippen LogP contribution in [0.15, 0.2) is 18.2 Å². The summed E-state index contributed by atoms with van der Waals surface area (Å²) in [6, 6.07) is 6.77. The van der Waals surface area contributed by atoms with Gasteiger partial charge in [-0.3, -0.25) is 4.79 Å². The number of hydrogen-bond donors (Lipinski definition) is 1. The molecule has 0 aliphatic carbocycles. The molecule has 116 valence electrons. The Morgan fingerprint density at radius 1 is 1.29 bits per heavy atom. The van der Waals surface area contributed by atoms with Crippen LogP contribution in [0.4, 0.5) is 0 Å². The minimum Gasteiger partial charge on any atom is -0.335 e. The molecule has 1 N–H and O–H groups in total. The van der Waals surface area contributed by atoms with Gasteiger partial charge < -0.3 is 10.2 Å². The van der Waals surface area contributed by atoms with Crippen molar-refractivity contribution in [2.24, 2.45) is 5.92 Å². The normalized spacial score (nSPS) is 25.0. The highest BCUT2D eigenvalue weighted by Gasteiger charge is 2.35. The standard InChI is InChI=1S/C17H24N2O.ClH/c1-12-5-3-6-15(13(12)2)16-7-4-10-19(16)17(20)14-8-9-18-11-14;/h3,5-6,14,16,18H,4,7-11H2,1-2H3;1H. The number of likely N-dealkylation sites (tertiary alicyclic amines) is 1. The Morgan fingerprint density at radius 3 is 2.81 bits per heavy atom. The van der Waals surface area contributed by atoms with Crippen LogP contribution in [0.3, 0.4) is 0 Å². The highest BCUT2D eigenvalue weighted by molar-refractivity contribution is 5.85. The Kier molecular flexibility index (Phi) is 5.28. The fourth-order valence-corrected chi connectivity index (χ4v) is 3.59. The lowest BCUT2D eigenvalue weighted by Gasteiger charge is -2.29. The summed E-state index contributed by atoms with van der Waals surface area (Å²) < 4.78 is 0. The molecule has 2 aliphatic rings. The maximum Gasteiger partial charge on any atom is 0.227 e. The van der Waals surface area contributed by atoms with E-state index in [1.54, 1.807) is 0 Å². The number of benzene rings is 1. The third kappa shape index (κ3) is 3.09. The van der Waals surface area contributed by atoms with Gasteiger partial charge in [0.15, 0.2) is 0 Å². The van der Waals surface area contributed by atoms with Crippen LogP contribution >= 0.6 is 12.4 Å². The number of halogens is 1. The molecule has 3 rings (SSSR count). The summed E-state index contributed by atoms with van der Waals surface area (Å²) in [4.78, 5) is 14.9. The Hall–Kier alpha value is -1.06. The summed E-state index contributed by atoms with van der Waals surface area (Å²) in [6.07, 6.45) is 3.23. The molecule has 2 aliphatic heterocycles. The van der Waals surface area contributed by atoms with Gasteiger partial charge in [-0.05, 0) is 56.3 Å². The van der Waals surface area contributed by atoms with Gasteiger partial charge in [0.2, 0.25) is 5.91 Å². The minimum atomic E-state index is 0. The lowest BCUT2D eigenvalue weighted by Crippen LogP contribution is -2.36. The maximum absolute atomic E-state index is 12.7. The smallest absolute Gasteiger partial charge is 0.227 e. The van der Waals surface area contributed by atoms with E-state index in [0.717, 1.165) is 38.9 Å². The zero-order chi connectivity index (χ0) is 14.1. The molecule has 4 heteroatoms. The third-order valence-corrected chi connectivity index (χ3v) is 4.95. The fourth-order valence-electron chi connectivity index (χ4n) is 3.59. The van der Waals surface area contributed by atoms with E-state index in [-0.39, 0.29) is 18.3 Å². The predicted molar refractivity (Wildman–Crippen MR) is 87.8 cm³/mol. The first-order valence-electron chi connectivity index (χ1n) is 7.76. The second kappa shape index (κ2) is 6.80. The monoisotopic (exact) mass is 308 g/mol. The molecule has 1 aromatic carbocycles. The Labute approximate surface area is 133 Å². The van der Waals surface area contributed by atoms with Crippen molar-refractivity contribution in [3.63, 3.8) is 0 Å². The summed E-state index contributed by atoms with van der Waals surface area (Å²) >= 11 is 0. The molecule has 0 radical (unpaired) electrons. The average Bonchev–Trinajstić information content (AvgIpc) is 3.11. The summed E-state index contributed by atoms with van der Waals surface area (Å²) in [5.74, 6) is 0.555. The van der Waals surface area contributed by atoms with Gasteiger partial charge in [0.05, 0.1) is 12.0 Å². The van der Waals surface area contributed by atoms with Crippen LogP contribution in [0, 0.1) is 19.8 Å². The number of carbonyl (C=O) groups excluding carboxylic acids is 1. The zero-order valence-electron chi connectivity index (χ0n) is 12.9. The molecule has 1 amide bonds. The Balaban J connectivity index is 0.00000161. The van der Waals surface area contributed by atoms with Crippen LogP contribution in [0.1, 0.15) is 42.0 Å². The second-order valence-corrected chi connectivity index (χ2v) is 6.17. The molecule has 21 heavy (non-hydrogen) atoms. The van der Waals surface area contributed by atoms with Crippen molar-refractivity contribution in [1.29, 1.82) is 0 Å². The molecule has 2 heterocycles. The Bertz CT molecular complexity index is 512. The topological polar surface area (TPSA) is 32.3 Å². The summed E-state index contributed by atoms with van der Waals surface area (Å²) in [5.41, 5.74) is 4.02. The van der Waals surface area contributed by atoms with Crippen molar-refractivity contribution in [2.45, 2.75) is 39.2 Å². The highest BCUT2D eigenvalue weighted by atomic mass is 35.5. The summed E-state index contributed by atoms with van der Waals surface area (Å²) in [5, 5.41) is 3.30. The van der Waals surface area contributed by atoms with Crippen LogP contribution in [-0.4, -0.2) is 30.4 Å². The van der Waals surface area contributed by atoms with Crippen LogP contribution < -0.4 is 5.32 Å². The number of hydrogen-bond acceptors (Lipinski definition) is 2. The van der Waals surface area contributed by atoms with Crippen LogP contribution in [-0.2, 0) is 4.79 Å². The predicted octanol–water partition coefficient (Wildman–Crippen LogP) is 3.00. The number of carbonyl (C=O) groups is 1. The van der Waals surface area contributed by atoms with Gasteiger partial charge in [0, 0.05) is 13.1 Å². The third-order valence-electron chi connectivity index (χ3n) is 4.95. The molecule has 0 bridgehead atoms. The average molecular weight is 309 g/mol. The molecule has 2 fully saturated rings. The van der Waals surface area contributed by atoms with Crippen LogP contribution in [0.5, 0.6) is 0 Å². The van der Waals surface area contributed by atoms with Gasteiger partial charge >= 0.3 is 0 Å². The van der Waals surface area contributed by atoms with Gasteiger partial charge in [-0.1, -0.05) is 18.2 Å². The Morgan fingerprint density at radius 2 is 2.10 bits per heavy atom. The van der Waals surface area contributed by atoms with E-state index >= 15 is 0 Å². The van der Waals surface area contributed by atoms with Crippen molar-refractivity contribution in [3.05, 3.63) is 34.9 Å². The van der Waals surface area contributed by atoms with E-state index < -0.39 is 0 Å². The van der Waals surface area contributed by atoms with Crippen molar-refractivity contribution in [3.8, 4) is 0 Å². The zero-order valence-corrected chi connectivity index (χ0v) is 13.7. The van der Waals surface area contributed by atoms with Crippen molar-refractivity contribution in [1.82, 2.24) is 10.2 Å². The van der Waals surface area contributed by atoms with Gasteiger partial charge in [-0.15, -0.1) is 12.4 Å². The number of nitrogens with one attached hydrogen (secondary N) is 1. The second-order valence-electron chi connectivity index (χ2n) is 6.17. The van der Waals surface area contributed by atoms with E-state index in [0.29, 0.717) is 11.9 Å². The highest BCUT2D eigenvalue weighted by Crippen LogP contribution is 2.35. The van der Waals surface area contributed by atoms with Crippen molar-refractivity contribution >= 4 is 18.3 Å². The quantitative estimate of drug-likeness (QED) is 0.911. The van der Waals surface area contributed by atoms with Crippen molar-refractivity contribution in [2.75, 3.05) is 19.6 Å². The molecule has 0 aromatic heterocycles. The molecule has 1 aromatic rings. The minimum absolute atomic E-state index is 0. The molecular formula is C17H25ClN2O. The number of nitrogens with zero attached hydrogens (tertiary/aromatic N) is 1. The van der Waals surface area contributed by atoms with Crippen LogP contribution in [0.2, 0.25) is 0 Å². The molecule has 0 spiro atoms. The number of amides is 1. The van der Waals surface area contributed by atoms with E-state index in [1.807, 2.05) is 0 Å². The van der Waals surface area contributed by atoms with E-state index in [2.05, 4.69) is 42.3 Å². The van der Waals surface area contributed by atoms with Gasteiger partial charge in [0.1, 0.15) is 0 Å². The largest absolute Gasteiger partial charge is 0.335 e. The van der Waals surface area contributed by atoms with E-state index in [9.17, 15) is 4.79 Å². The SMILES string of the molecule is Cc1cccc(C2CCCN2C(=O)C2CCNC2)c1C.Cl. The fraction of sp³-hybridized carbons (Fsp3) is 0.588. The molecule has 0 saturated carbocycles.